The van der Waals surface area contributed by atoms with Gasteiger partial charge in [0.25, 0.3) is 0 Å². The Morgan fingerprint density at radius 2 is 1.21 bits per heavy atom. The zero-order valence-electron chi connectivity index (χ0n) is 29.6. The van der Waals surface area contributed by atoms with Crippen LogP contribution in [0.15, 0.2) is 97.1 Å². The van der Waals surface area contributed by atoms with Gasteiger partial charge in [-0.25, -0.2) is 0 Å². The van der Waals surface area contributed by atoms with Crippen LogP contribution in [-0.4, -0.2) is 11.3 Å². The van der Waals surface area contributed by atoms with E-state index in [1.54, 1.807) is 0 Å². The van der Waals surface area contributed by atoms with E-state index in [1.807, 2.05) is 11.3 Å². The van der Waals surface area contributed by atoms with Crippen molar-refractivity contribution < 1.29 is 0 Å². The summed E-state index contributed by atoms with van der Waals surface area (Å²) in [5, 5.41) is 5.41. The van der Waals surface area contributed by atoms with Crippen LogP contribution in [0.25, 0.3) is 43.0 Å². The van der Waals surface area contributed by atoms with Crippen LogP contribution in [0.1, 0.15) is 79.0 Å². The van der Waals surface area contributed by atoms with Crippen LogP contribution in [0.2, 0.25) is 0 Å². The Bertz CT molecular complexity index is 2460. The highest BCUT2D eigenvalue weighted by Gasteiger charge is 2.45. The molecule has 2 nitrogen and oxygen atoms in total. The van der Waals surface area contributed by atoms with Gasteiger partial charge in [0.15, 0.2) is 0 Å². The van der Waals surface area contributed by atoms with Crippen molar-refractivity contribution in [2.24, 2.45) is 0 Å². The van der Waals surface area contributed by atoms with Crippen molar-refractivity contribution in [3.8, 4) is 11.1 Å². The van der Waals surface area contributed by atoms with Crippen molar-refractivity contribution in [2.75, 3.05) is 4.90 Å². The monoisotopic (exact) mass is 642 g/mol. The minimum Gasteiger partial charge on any atom is -0.375 e. The third kappa shape index (κ3) is 4.11. The first-order valence-electron chi connectivity index (χ1n) is 17.4. The van der Waals surface area contributed by atoms with Crippen LogP contribution in [0.5, 0.6) is 0 Å². The first-order valence-corrected chi connectivity index (χ1v) is 18.2. The summed E-state index contributed by atoms with van der Waals surface area (Å²) < 4.78 is 4.05. The molecule has 0 fully saturated rings. The predicted octanol–water partition coefficient (Wildman–Crippen LogP) is 11.3. The highest BCUT2D eigenvalue weighted by molar-refractivity contribution is 7.26. The van der Waals surface area contributed by atoms with Gasteiger partial charge in [-0.2, -0.15) is 0 Å². The van der Waals surface area contributed by atoms with E-state index in [2.05, 4.69) is 169 Å². The van der Waals surface area contributed by atoms with Gasteiger partial charge in [0, 0.05) is 43.4 Å². The molecule has 4 heterocycles. The fourth-order valence-electron chi connectivity index (χ4n) is 8.19. The maximum atomic E-state index is 2.71. The Hall–Kier alpha value is -4.28. The Labute approximate surface area is 289 Å². The second kappa shape index (κ2) is 9.67. The summed E-state index contributed by atoms with van der Waals surface area (Å²) in [4.78, 5) is 2.56. The highest BCUT2D eigenvalue weighted by atomic mass is 32.1. The first kappa shape index (κ1) is 29.8. The molecule has 0 atom stereocenters. The van der Waals surface area contributed by atoms with E-state index in [0.29, 0.717) is 0 Å². The van der Waals surface area contributed by atoms with Crippen LogP contribution in [-0.2, 0) is 16.2 Å². The molecule has 0 bridgehead atoms. The van der Waals surface area contributed by atoms with Crippen LogP contribution in [0, 0.1) is 0 Å². The van der Waals surface area contributed by atoms with E-state index >= 15 is 0 Å². The molecule has 0 saturated heterocycles. The molecular weight excluding hydrogens is 599 g/mol. The Morgan fingerprint density at radius 1 is 0.542 bits per heavy atom. The molecule has 0 amide bonds. The van der Waals surface area contributed by atoms with Gasteiger partial charge in [-0.1, -0.05) is 111 Å². The molecule has 0 N–H and O–H groups in total. The average Bonchev–Trinajstić information content (AvgIpc) is 3.58. The summed E-state index contributed by atoms with van der Waals surface area (Å²) in [5.74, 6) is 0. The third-order valence-electron chi connectivity index (χ3n) is 10.9. The summed E-state index contributed by atoms with van der Waals surface area (Å²) in [6, 6.07) is 37.7. The zero-order valence-corrected chi connectivity index (χ0v) is 30.4. The lowest BCUT2D eigenvalue weighted by Crippen LogP contribution is -2.56. The largest absolute Gasteiger partial charge is 0.375 e. The number of hydrogen-bond donors (Lipinski definition) is 0. The van der Waals surface area contributed by atoms with Crippen LogP contribution < -0.4 is 15.8 Å². The number of aromatic nitrogens is 1. The molecule has 2 aliphatic rings. The molecule has 0 aliphatic carbocycles. The quantitative estimate of drug-likeness (QED) is 0.162. The first-order chi connectivity index (χ1) is 22.7. The number of nitrogens with zero attached hydrogens (tertiary/aromatic N) is 2. The third-order valence-corrected chi connectivity index (χ3v) is 12.0. The SMILES string of the molecule is CC(C)(C)c1ccc(N2c3cccc4c3B(c3c2sc2ccccc32)n2c3ccc(C(C)(C)C)cc3c3cc(C(C)(C)C)cc-4c32)cc1. The molecule has 0 spiro atoms. The predicted molar refractivity (Wildman–Crippen MR) is 211 cm³/mol. The lowest BCUT2D eigenvalue weighted by atomic mass is 9.45. The van der Waals surface area contributed by atoms with E-state index in [-0.39, 0.29) is 23.1 Å². The lowest BCUT2D eigenvalue weighted by Gasteiger charge is -2.39. The summed E-state index contributed by atoms with van der Waals surface area (Å²) in [6.45, 7) is 21.0. The smallest absolute Gasteiger partial charge is 0.334 e. The molecule has 7 aromatic rings. The maximum Gasteiger partial charge on any atom is 0.334 e. The average molecular weight is 643 g/mol. The summed E-state index contributed by atoms with van der Waals surface area (Å²) >= 11 is 1.93. The summed E-state index contributed by atoms with van der Waals surface area (Å²) in [6.07, 6.45) is 0. The number of anilines is 3. The van der Waals surface area contributed by atoms with Gasteiger partial charge in [-0.15, -0.1) is 11.3 Å². The van der Waals surface area contributed by atoms with Crippen LogP contribution in [0.3, 0.4) is 0 Å². The van der Waals surface area contributed by atoms with Crippen molar-refractivity contribution in [1.29, 1.82) is 0 Å². The lowest BCUT2D eigenvalue weighted by molar-refractivity contribution is 0.590. The standard InChI is InChI=1S/C44H43BN2S/c1-42(2,3)26-17-20-29(21-18-26)46-36-15-12-14-30-33-24-28(44(7,8)9)25-34-32-23-27(43(4,5)6)19-22-35(32)47(40(33)34)45(38(30)36)39-31-13-10-11-16-37(31)48-41(39)46/h10-25H,1-9H3. The minimum absolute atomic E-state index is 0.0179. The van der Waals surface area contributed by atoms with Gasteiger partial charge >= 0.3 is 6.85 Å². The molecule has 2 aromatic heterocycles. The molecule has 0 unspecified atom stereocenters. The number of rotatable bonds is 1. The topological polar surface area (TPSA) is 8.17 Å². The number of hydrogen-bond acceptors (Lipinski definition) is 2. The number of fused-ring (bicyclic) bond motifs is 9. The van der Waals surface area contributed by atoms with E-state index in [4.69, 9.17) is 0 Å². The second-order valence-electron chi connectivity index (χ2n) is 17.1. The molecule has 0 radical (unpaired) electrons. The second-order valence-corrected chi connectivity index (χ2v) is 18.1. The van der Waals surface area contributed by atoms with Gasteiger partial charge in [-0.05, 0) is 103 Å². The normalized spacial score (nSPS) is 14.3. The van der Waals surface area contributed by atoms with E-state index in [0.717, 1.165) is 0 Å². The van der Waals surface area contributed by atoms with Gasteiger partial charge in [0.1, 0.15) is 0 Å². The van der Waals surface area contributed by atoms with Crippen LogP contribution in [0.4, 0.5) is 16.4 Å². The number of thiophene rings is 1. The van der Waals surface area contributed by atoms with Crippen molar-refractivity contribution in [1.82, 2.24) is 4.48 Å². The van der Waals surface area contributed by atoms with E-state index < -0.39 is 0 Å². The Balaban J connectivity index is 1.43. The van der Waals surface area contributed by atoms with Crippen molar-refractivity contribution in [3.63, 3.8) is 0 Å². The molecule has 2 aliphatic heterocycles. The van der Waals surface area contributed by atoms with Gasteiger partial charge in [-0.3, -0.25) is 0 Å². The van der Waals surface area contributed by atoms with Gasteiger partial charge < -0.3 is 9.38 Å². The van der Waals surface area contributed by atoms with E-state index in [1.165, 1.54) is 87.0 Å². The Morgan fingerprint density at radius 3 is 1.92 bits per heavy atom. The molecular formula is C44H43BN2S. The molecule has 9 rings (SSSR count). The maximum absolute atomic E-state index is 2.71. The highest BCUT2D eigenvalue weighted by Crippen LogP contribution is 2.49. The van der Waals surface area contributed by atoms with Crippen molar-refractivity contribution >= 4 is 77.4 Å². The van der Waals surface area contributed by atoms with Crippen molar-refractivity contribution in [2.45, 2.75) is 78.6 Å². The fraction of sp³-hybridized carbons (Fsp3) is 0.273. The Kier molecular flexibility index (Phi) is 6.01. The molecule has 48 heavy (non-hydrogen) atoms. The van der Waals surface area contributed by atoms with Gasteiger partial charge in [0.2, 0.25) is 0 Å². The van der Waals surface area contributed by atoms with Crippen LogP contribution >= 0.6 is 11.3 Å². The van der Waals surface area contributed by atoms with E-state index in [9.17, 15) is 0 Å². The zero-order chi connectivity index (χ0) is 33.5. The number of benzene rings is 5. The summed E-state index contributed by atoms with van der Waals surface area (Å²) in [7, 11) is 0. The molecule has 0 saturated carbocycles. The molecule has 5 aromatic carbocycles. The minimum atomic E-state index is 0.0179. The van der Waals surface area contributed by atoms with Crippen molar-refractivity contribution in [3.05, 3.63) is 114 Å². The molecule has 238 valence electrons. The summed E-state index contributed by atoms with van der Waals surface area (Å²) in [5.41, 5.74) is 15.0. The van der Waals surface area contributed by atoms with Gasteiger partial charge in [0.05, 0.1) is 5.00 Å². The molecule has 4 heteroatoms. The fourth-order valence-corrected chi connectivity index (χ4v) is 9.46.